The number of esters is 2. The molecule has 4 fully saturated rings. The van der Waals surface area contributed by atoms with Crippen LogP contribution < -0.4 is 10.6 Å². The van der Waals surface area contributed by atoms with Gasteiger partial charge in [0.1, 0.15) is 18.1 Å². The maximum atomic E-state index is 14.2. The Labute approximate surface area is 287 Å². The van der Waals surface area contributed by atoms with Gasteiger partial charge in [-0.3, -0.25) is 14.4 Å². The molecule has 5 unspecified atom stereocenters. The van der Waals surface area contributed by atoms with Gasteiger partial charge in [-0.25, -0.2) is 0 Å². The number of aliphatic hydroxyl groups is 1. The number of hydrogen-bond acceptors (Lipinski definition) is 12. The van der Waals surface area contributed by atoms with Gasteiger partial charge in [0, 0.05) is 37.6 Å². The van der Waals surface area contributed by atoms with E-state index in [4.69, 9.17) is 23.7 Å². The Morgan fingerprint density at radius 2 is 1.77 bits per heavy atom. The van der Waals surface area contributed by atoms with Gasteiger partial charge in [-0.2, -0.15) is 0 Å². The van der Waals surface area contributed by atoms with E-state index >= 15 is 0 Å². The fourth-order valence-corrected chi connectivity index (χ4v) is 8.22. The average molecular weight is 682 g/mol. The van der Waals surface area contributed by atoms with Gasteiger partial charge in [-0.1, -0.05) is 20.8 Å². The highest BCUT2D eigenvalue weighted by Crippen LogP contribution is 2.42. The van der Waals surface area contributed by atoms with E-state index in [-0.39, 0.29) is 48.2 Å². The number of ketones is 1. The highest BCUT2D eigenvalue weighted by molar-refractivity contribution is 6.00. The summed E-state index contributed by atoms with van der Waals surface area (Å²) in [6.07, 6.45) is 0.459. The Morgan fingerprint density at radius 3 is 2.38 bits per heavy atom. The maximum absolute atomic E-state index is 14.2. The topological polar surface area (TPSA) is 145 Å². The van der Waals surface area contributed by atoms with Gasteiger partial charge < -0.3 is 44.3 Å². The van der Waals surface area contributed by atoms with Gasteiger partial charge in [-0.05, 0) is 98.8 Å². The zero-order chi connectivity index (χ0) is 35.6. The first-order valence-corrected chi connectivity index (χ1v) is 18.1. The summed E-state index contributed by atoms with van der Waals surface area (Å²) in [5.74, 6) is -2.77. The van der Waals surface area contributed by atoms with E-state index in [2.05, 4.69) is 17.6 Å². The lowest BCUT2D eigenvalue weighted by molar-refractivity contribution is -0.297. The Bertz CT molecular complexity index is 1120. The quantitative estimate of drug-likeness (QED) is 0.243. The fourth-order valence-electron chi connectivity index (χ4n) is 8.22. The third kappa shape index (κ3) is 8.79. The standard InChI is InChI=1S/C36H63N3O9/c1-11-28-36(7)26(15-29(40)48-36)23(5)38-17-20(2)16-35(6,44-10)32(21(3)30(41)22(4)33(43)46-28)47-34-31(42)27(39(8)9)14-25(45-34)19-37-18-24-12-13-24/h20-28,31-32,34,37-38,42H,11-19H2,1-10H3/t20-,21+,22?,23-,25?,26-,27?,28-,31?,32-,34?,35-,36+/m1/s1. The molecule has 4 rings (SSSR count). The summed E-state index contributed by atoms with van der Waals surface area (Å²) in [6, 6.07) is -0.349. The molecule has 13 atom stereocenters. The van der Waals surface area contributed by atoms with Crippen LogP contribution in [0.3, 0.4) is 0 Å². The number of carbonyl (C=O) groups is 3. The number of hydrogen-bond donors (Lipinski definition) is 3. The van der Waals surface area contributed by atoms with E-state index in [9.17, 15) is 19.5 Å². The Kier molecular flexibility index (Phi) is 13.1. The number of rotatable bonds is 9. The van der Waals surface area contributed by atoms with Crippen molar-refractivity contribution in [1.82, 2.24) is 15.5 Å². The van der Waals surface area contributed by atoms with Gasteiger partial charge in [0.05, 0.1) is 24.2 Å². The second kappa shape index (κ2) is 16.1. The number of likely N-dealkylation sites (N-methyl/N-ethyl adjacent to an activating group) is 1. The lowest BCUT2D eigenvalue weighted by atomic mass is 9.78. The van der Waals surface area contributed by atoms with E-state index in [1.54, 1.807) is 21.0 Å². The minimum absolute atomic E-state index is 0.0589. The largest absolute Gasteiger partial charge is 0.458 e. The second-order valence-corrected chi connectivity index (χ2v) is 15.8. The summed E-state index contributed by atoms with van der Waals surface area (Å²) in [7, 11) is 5.47. The van der Waals surface area contributed by atoms with E-state index in [0.29, 0.717) is 32.4 Å². The molecular weight excluding hydrogens is 618 g/mol. The molecule has 12 heteroatoms. The maximum Gasteiger partial charge on any atom is 0.316 e. The van der Waals surface area contributed by atoms with Crippen molar-refractivity contribution in [2.75, 3.05) is 40.8 Å². The van der Waals surface area contributed by atoms with Crippen molar-refractivity contribution in [3.63, 3.8) is 0 Å². The minimum atomic E-state index is -1.12. The fraction of sp³-hybridized carbons (Fsp3) is 0.917. The van der Waals surface area contributed by atoms with Crippen molar-refractivity contribution in [3.8, 4) is 0 Å². The van der Waals surface area contributed by atoms with Crippen LogP contribution in [0.5, 0.6) is 0 Å². The normalized spacial score (nSPS) is 43.7. The molecule has 48 heavy (non-hydrogen) atoms. The molecule has 4 aliphatic rings. The van der Waals surface area contributed by atoms with Crippen LogP contribution in [0.2, 0.25) is 0 Å². The van der Waals surface area contributed by atoms with Gasteiger partial charge in [0.2, 0.25) is 0 Å². The summed E-state index contributed by atoms with van der Waals surface area (Å²) in [4.78, 5) is 42.5. The first-order chi connectivity index (χ1) is 22.5. The Hall–Kier alpha value is -1.67. The molecule has 1 aliphatic carbocycles. The van der Waals surface area contributed by atoms with E-state index in [1.807, 2.05) is 46.7 Å². The summed E-state index contributed by atoms with van der Waals surface area (Å²) in [5, 5.41) is 18.7. The van der Waals surface area contributed by atoms with Crippen molar-refractivity contribution in [3.05, 3.63) is 0 Å². The summed E-state index contributed by atoms with van der Waals surface area (Å²) < 4.78 is 31.3. The molecule has 3 N–H and O–H groups in total. The van der Waals surface area contributed by atoms with E-state index in [0.717, 1.165) is 12.5 Å². The lowest BCUT2D eigenvalue weighted by Gasteiger charge is -2.47. The molecule has 12 nitrogen and oxygen atoms in total. The molecule has 0 spiro atoms. The molecule has 3 aliphatic heterocycles. The van der Waals surface area contributed by atoms with Crippen LogP contribution in [-0.2, 0) is 38.1 Å². The van der Waals surface area contributed by atoms with Crippen LogP contribution in [0.25, 0.3) is 0 Å². The van der Waals surface area contributed by atoms with Gasteiger partial charge in [0.25, 0.3) is 0 Å². The third-order valence-corrected chi connectivity index (χ3v) is 11.6. The lowest BCUT2D eigenvalue weighted by Crippen LogP contribution is -2.60. The molecule has 3 heterocycles. The molecule has 0 aromatic rings. The molecule has 3 saturated heterocycles. The second-order valence-electron chi connectivity index (χ2n) is 15.8. The number of Topliss-reactive ketones (excluding diaryl/α,β-unsaturated/α-hetero) is 1. The zero-order valence-corrected chi connectivity index (χ0v) is 31.0. The first-order valence-electron chi connectivity index (χ1n) is 18.1. The number of methoxy groups -OCH3 is 1. The summed E-state index contributed by atoms with van der Waals surface area (Å²) in [5.41, 5.74) is -2.04. The molecule has 0 bridgehead atoms. The van der Waals surface area contributed by atoms with Gasteiger partial charge >= 0.3 is 11.9 Å². The van der Waals surface area contributed by atoms with Crippen molar-refractivity contribution < 1.29 is 43.2 Å². The SMILES string of the molecule is CC[C@H]1OC(=O)C(C)C(=O)[C@H](C)[C@@H](OC2OC(CNCC3CC3)CC(N(C)C)C2O)[C@](C)(OC)C[C@@H](C)CN[C@H](C)[C@H]2CC(=O)O[C@@]21C. The van der Waals surface area contributed by atoms with Crippen LogP contribution in [0.15, 0.2) is 0 Å². The van der Waals surface area contributed by atoms with Gasteiger partial charge in [0.15, 0.2) is 17.7 Å². The predicted molar refractivity (Wildman–Crippen MR) is 180 cm³/mol. The average Bonchev–Trinajstić information content (AvgIpc) is 3.81. The highest BCUT2D eigenvalue weighted by atomic mass is 16.7. The molecule has 0 aromatic carbocycles. The number of nitrogens with one attached hydrogen (secondary N) is 2. The third-order valence-electron chi connectivity index (χ3n) is 11.6. The van der Waals surface area contributed by atoms with Crippen LogP contribution in [0.1, 0.15) is 87.0 Å². The Balaban J connectivity index is 1.65. The molecule has 276 valence electrons. The first kappa shape index (κ1) is 39.1. The number of cyclic esters (lactones) is 1. The van der Waals surface area contributed by atoms with Crippen LogP contribution in [-0.4, -0.2) is 123 Å². The smallest absolute Gasteiger partial charge is 0.316 e. The number of nitrogens with zero attached hydrogens (tertiary/aromatic N) is 1. The van der Waals surface area contributed by atoms with Crippen LogP contribution in [0.4, 0.5) is 0 Å². The predicted octanol–water partition coefficient (Wildman–Crippen LogP) is 2.69. The summed E-state index contributed by atoms with van der Waals surface area (Å²) in [6.45, 7) is 15.2. The van der Waals surface area contributed by atoms with Gasteiger partial charge in [-0.15, -0.1) is 0 Å². The van der Waals surface area contributed by atoms with E-state index < -0.39 is 53.6 Å². The van der Waals surface area contributed by atoms with Crippen molar-refractivity contribution in [2.24, 2.45) is 29.6 Å². The summed E-state index contributed by atoms with van der Waals surface area (Å²) >= 11 is 0. The number of fused-ring (bicyclic) bond motifs is 1. The minimum Gasteiger partial charge on any atom is -0.458 e. The number of aliphatic hydroxyl groups excluding tert-OH is 1. The number of carbonyl (C=O) groups excluding carboxylic acids is 3. The molecule has 0 radical (unpaired) electrons. The molecule has 1 saturated carbocycles. The van der Waals surface area contributed by atoms with Crippen molar-refractivity contribution in [1.29, 1.82) is 0 Å². The van der Waals surface area contributed by atoms with E-state index in [1.165, 1.54) is 12.8 Å². The van der Waals surface area contributed by atoms with Crippen LogP contribution >= 0.6 is 0 Å². The monoisotopic (exact) mass is 681 g/mol. The van der Waals surface area contributed by atoms with Crippen molar-refractivity contribution >= 4 is 17.7 Å². The van der Waals surface area contributed by atoms with Crippen molar-refractivity contribution in [2.45, 2.75) is 141 Å². The molecular formula is C36H63N3O9. The molecule has 0 aromatic heterocycles. The number of ether oxygens (including phenoxy) is 5. The highest BCUT2D eigenvalue weighted by Gasteiger charge is 2.55. The molecule has 0 amide bonds. The van der Waals surface area contributed by atoms with Crippen LogP contribution in [0, 0.1) is 29.6 Å². The Morgan fingerprint density at radius 1 is 1.08 bits per heavy atom. The zero-order valence-electron chi connectivity index (χ0n) is 31.0.